The van der Waals surface area contributed by atoms with Gasteiger partial charge in [0.2, 0.25) is 5.60 Å². The average molecular weight is 384 g/mol. The molecule has 0 fully saturated rings. The van der Waals surface area contributed by atoms with Crippen molar-refractivity contribution < 1.29 is 18.3 Å². The molecule has 1 aromatic heterocycles. The lowest BCUT2D eigenvalue weighted by molar-refractivity contribution is -0.247. The number of rotatable bonds is 3. The van der Waals surface area contributed by atoms with Gasteiger partial charge in [-0.25, -0.2) is 0 Å². The zero-order valence-corrected chi connectivity index (χ0v) is 14.9. The lowest BCUT2D eigenvalue weighted by Crippen LogP contribution is -2.42. The molecule has 4 rings (SSSR count). The van der Waals surface area contributed by atoms with E-state index >= 15 is 0 Å². The summed E-state index contributed by atoms with van der Waals surface area (Å²) in [6, 6.07) is 23.6. The molecule has 1 nitrogen and oxygen atoms in total. The second-order valence-electron chi connectivity index (χ2n) is 6.30. The molecule has 0 bridgehead atoms. The first kappa shape index (κ1) is 17.8. The third-order valence-electron chi connectivity index (χ3n) is 4.60. The van der Waals surface area contributed by atoms with Gasteiger partial charge >= 0.3 is 6.18 Å². The van der Waals surface area contributed by atoms with Crippen LogP contribution in [-0.4, -0.2) is 11.3 Å². The Morgan fingerprint density at radius 2 is 1.37 bits per heavy atom. The molecule has 1 N–H and O–H groups in total. The summed E-state index contributed by atoms with van der Waals surface area (Å²) in [6.45, 7) is 0. The molecule has 136 valence electrons. The third kappa shape index (κ3) is 3.03. The fourth-order valence-corrected chi connectivity index (χ4v) is 4.29. The van der Waals surface area contributed by atoms with Crippen LogP contribution in [0.25, 0.3) is 21.2 Å². The Kier molecular flexibility index (Phi) is 4.29. The highest BCUT2D eigenvalue weighted by Gasteiger charge is 2.57. The van der Waals surface area contributed by atoms with Crippen LogP contribution in [0.1, 0.15) is 10.4 Å². The summed E-state index contributed by atoms with van der Waals surface area (Å²) in [5, 5.41) is 12.4. The number of halogens is 3. The summed E-state index contributed by atoms with van der Waals surface area (Å²) in [4.78, 5) is 0.526. The van der Waals surface area contributed by atoms with Crippen LogP contribution in [0.2, 0.25) is 0 Å². The first-order chi connectivity index (χ1) is 12.9. The molecular weight excluding hydrogens is 369 g/mol. The Labute approximate surface area is 158 Å². The lowest BCUT2D eigenvalue weighted by Gasteiger charge is -2.30. The van der Waals surface area contributed by atoms with Gasteiger partial charge < -0.3 is 5.11 Å². The van der Waals surface area contributed by atoms with Crippen LogP contribution in [0.3, 0.4) is 0 Å². The summed E-state index contributed by atoms with van der Waals surface area (Å²) in [5.41, 5.74) is -2.43. The van der Waals surface area contributed by atoms with E-state index in [0.29, 0.717) is 10.3 Å². The molecule has 4 aromatic rings. The molecule has 0 saturated heterocycles. The van der Waals surface area contributed by atoms with Crippen LogP contribution in [-0.2, 0) is 5.60 Å². The number of fused-ring (bicyclic) bond motifs is 1. The van der Waals surface area contributed by atoms with Crippen molar-refractivity contribution in [1.29, 1.82) is 0 Å². The monoisotopic (exact) mass is 384 g/mol. The van der Waals surface area contributed by atoms with Crippen LogP contribution >= 0.6 is 11.3 Å². The second kappa shape index (κ2) is 6.51. The summed E-state index contributed by atoms with van der Waals surface area (Å²) >= 11 is 0.950. The second-order valence-corrected chi connectivity index (χ2v) is 7.38. The molecular formula is C22H15F3OS. The number of thiophene rings is 1. The molecule has 0 unspecified atom stereocenters. The van der Waals surface area contributed by atoms with Gasteiger partial charge in [0, 0.05) is 4.88 Å². The minimum atomic E-state index is -4.85. The quantitative estimate of drug-likeness (QED) is 0.435. The fraction of sp³-hybridized carbons (Fsp3) is 0.0909. The first-order valence-corrected chi connectivity index (χ1v) is 9.15. The molecule has 0 aliphatic rings. The highest BCUT2D eigenvalue weighted by Crippen LogP contribution is 2.48. The van der Waals surface area contributed by atoms with E-state index in [1.165, 1.54) is 18.2 Å². The van der Waals surface area contributed by atoms with Crippen molar-refractivity contribution >= 4 is 22.1 Å². The summed E-state index contributed by atoms with van der Waals surface area (Å²) in [6.07, 6.45) is -4.85. The van der Waals surface area contributed by atoms with Crippen molar-refractivity contribution in [2.24, 2.45) is 0 Å². The molecule has 5 heteroatoms. The number of benzene rings is 3. The van der Waals surface area contributed by atoms with Crippen molar-refractivity contribution in [3.63, 3.8) is 0 Å². The van der Waals surface area contributed by atoms with Gasteiger partial charge in [0.05, 0.1) is 4.88 Å². The Morgan fingerprint density at radius 1 is 0.704 bits per heavy atom. The average Bonchev–Trinajstić information content (AvgIpc) is 3.17. The molecule has 0 aliphatic heterocycles. The molecule has 0 radical (unpaired) electrons. The fourth-order valence-electron chi connectivity index (χ4n) is 3.15. The van der Waals surface area contributed by atoms with E-state index in [1.54, 1.807) is 24.3 Å². The standard InChI is InChI=1S/C22H15F3OS/c23-22(24,25)21(26,18-11-10-15-6-4-5-9-17(15)14-18)20-13-12-19(27-20)16-7-2-1-3-8-16/h1-14,26H/t21-/m0/s1. The Bertz CT molecular complexity index is 1090. The van der Waals surface area contributed by atoms with Gasteiger partial charge in [-0.2, -0.15) is 13.2 Å². The molecule has 0 saturated carbocycles. The van der Waals surface area contributed by atoms with Gasteiger partial charge in [0.1, 0.15) is 0 Å². The zero-order chi connectivity index (χ0) is 19.1. The molecule has 0 aliphatic carbocycles. The topological polar surface area (TPSA) is 20.2 Å². The minimum Gasteiger partial charge on any atom is -0.372 e. The highest BCUT2D eigenvalue weighted by molar-refractivity contribution is 7.15. The Balaban J connectivity index is 1.87. The van der Waals surface area contributed by atoms with Crippen LogP contribution in [0.4, 0.5) is 13.2 Å². The van der Waals surface area contributed by atoms with Gasteiger partial charge in [-0.1, -0.05) is 66.7 Å². The summed E-state index contributed by atoms with van der Waals surface area (Å²) in [5.74, 6) is 0. The Hall–Kier alpha value is -2.63. The van der Waals surface area contributed by atoms with Crippen LogP contribution < -0.4 is 0 Å². The highest BCUT2D eigenvalue weighted by atomic mass is 32.1. The minimum absolute atomic E-state index is 0.149. The molecule has 1 atom stereocenters. The van der Waals surface area contributed by atoms with E-state index in [4.69, 9.17) is 0 Å². The zero-order valence-electron chi connectivity index (χ0n) is 14.1. The lowest BCUT2D eigenvalue weighted by atomic mass is 9.89. The summed E-state index contributed by atoms with van der Waals surface area (Å²) in [7, 11) is 0. The van der Waals surface area contributed by atoms with E-state index in [2.05, 4.69) is 0 Å². The van der Waals surface area contributed by atoms with Crippen molar-refractivity contribution in [3.05, 3.63) is 95.4 Å². The van der Waals surface area contributed by atoms with Crippen LogP contribution in [0.15, 0.2) is 84.9 Å². The van der Waals surface area contributed by atoms with E-state index in [-0.39, 0.29) is 10.4 Å². The number of hydrogen-bond donors (Lipinski definition) is 1. The molecule has 0 amide bonds. The largest absolute Gasteiger partial charge is 0.426 e. The number of hydrogen-bond acceptors (Lipinski definition) is 2. The van der Waals surface area contributed by atoms with Crippen LogP contribution in [0, 0.1) is 0 Å². The number of alkyl halides is 3. The van der Waals surface area contributed by atoms with Gasteiger partial charge in [-0.15, -0.1) is 11.3 Å². The van der Waals surface area contributed by atoms with Crippen LogP contribution in [0.5, 0.6) is 0 Å². The van der Waals surface area contributed by atoms with Crippen molar-refractivity contribution in [1.82, 2.24) is 0 Å². The first-order valence-electron chi connectivity index (χ1n) is 8.34. The molecule has 0 spiro atoms. The smallest absolute Gasteiger partial charge is 0.372 e. The maximum absolute atomic E-state index is 14.0. The van der Waals surface area contributed by atoms with Gasteiger partial charge in [0.25, 0.3) is 0 Å². The van der Waals surface area contributed by atoms with Crippen molar-refractivity contribution in [2.75, 3.05) is 0 Å². The van der Waals surface area contributed by atoms with E-state index in [0.717, 1.165) is 22.3 Å². The predicted molar refractivity (Wildman–Crippen MR) is 103 cm³/mol. The maximum Gasteiger partial charge on any atom is 0.426 e. The maximum atomic E-state index is 14.0. The molecule has 1 heterocycles. The van der Waals surface area contributed by atoms with Gasteiger partial charge in [-0.3, -0.25) is 0 Å². The normalized spacial score (nSPS) is 14.2. The van der Waals surface area contributed by atoms with Crippen molar-refractivity contribution in [3.8, 4) is 10.4 Å². The predicted octanol–water partition coefficient (Wildman–Crippen LogP) is 6.37. The number of aliphatic hydroxyl groups is 1. The molecule has 3 aromatic carbocycles. The SMILES string of the molecule is O[C@@](c1ccc2ccccc2c1)(c1ccc(-c2ccccc2)s1)C(F)(F)F. The van der Waals surface area contributed by atoms with Gasteiger partial charge in [0.15, 0.2) is 0 Å². The van der Waals surface area contributed by atoms with E-state index in [9.17, 15) is 18.3 Å². The van der Waals surface area contributed by atoms with E-state index in [1.807, 2.05) is 42.5 Å². The summed E-state index contributed by atoms with van der Waals surface area (Å²) < 4.78 is 42.1. The third-order valence-corrected chi connectivity index (χ3v) is 5.84. The van der Waals surface area contributed by atoms with Crippen molar-refractivity contribution in [2.45, 2.75) is 11.8 Å². The Morgan fingerprint density at radius 3 is 2.07 bits per heavy atom. The molecule has 27 heavy (non-hydrogen) atoms. The van der Waals surface area contributed by atoms with E-state index < -0.39 is 11.8 Å². The van der Waals surface area contributed by atoms with Gasteiger partial charge in [-0.05, 0) is 40.1 Å².